The minimum atomic E-state index is -0.333. The first kappa shape index (κ1) is 21.5. The first-order valence-corrected chi connectivity index (χ1v) is 10.5. The molecule has 7 nitrogen and oxygen atoms in total. The van der Waals surface area contributed by atoms with Gasteiger partial charge in [0.25, 0.3) is 5.91 Å². The molecule has 7 heteroatoms. The molecule has 1 saturated heterocycles. The van der Waals surface area contributed by atoms with Crippen LogP contribution < -0.4 is 19.6 Å². The summed E-state index contributed by atoms with van der Waals surface area (Å²) in [5.74, 6) is 1.32. The molecule has 32 heavy (non-hydrogen) atoms. The Morgan fingerprint density at radius 1 is 1.06 bits per heavy atom. The van der Waals surface area contributed by atoms with Crippen LogP contribution in [0.3, 0.4) is 0 Å². The van der Waals surface area contributed by atoms with Gasteiger partial charge in [-0.1, -0.05) is 30.3 Å². The maximum atomic E-state index is 13.2. The second kappa shape index (κ2) is 9.60. The summed E-state index contributed by atoms with van der Waals surface area (Å²) in [5, 5.41) is 0. The average molecular weight is 434 g/mol. The lowest BCUT2D eigenvalue weighted by Crippen LogP contribution is -2.32. The van der Waals surface area contributed by atoms with Gasteiger partial charge in [0.1, 0.15) is 23.8 Å². The molecule has 1 unspecified atom stereocenters. The van der Waals surface area contributed by atoms with Crippen molar-refractivity contribution >= 4 is 5.91 Å². The highest BCUT2D eigenvalue weighted by atomic mass is 16.5. The SMILES string of the molecule is COc1ccc(C2CCCN2C(=O)c2cc(=O)c(OCc3ccccc3)c[nH]2)c(OC)c1. The van der Waals surface area contributed by atoms with Gasteiger partial charge in [0.2, 0.25) is 5.43 Å². The third-order valence-corrected chi connectivity index (χ3v) is 5.66. The van der Waals surface area contributed by atoms with Crippen LogP contribution in [0.4, 0.5) is 0 Å². The van der Waals surface area contributed by atoms with Crippen LogP contribution in [0, 0.1) is 0 Å². The summed E-state index contributed by atoms with van der Waals surface area (Å²) >= 11 is 0. The molecular weight excluding hydrogens is 408 g/mol. The van der Waals surface area contributed by atoms with E-state index in [1.54, 1.807) is 19.1 Å². The summed E-state index contributed by atoms with van der Waals surface area (Å²) in [7, 11) is 3.20. The number of amides is 1. The van der Waals surface area contributed by atoms with E-state index in [0.29, 0.717) is 18.0 Å². The van der Waals surface area contributed by atoms with Crippen molar-refractivity contribution in [1.29, 1.82) is 0 Å². The molecule has 1 aliphatic rings. The molecule has 1 atom stereocenters. The number of aromatic amines is 1. The quantitative estimate of drug-likeness (QED) is 0.609. The van der Waals surface area contributed by atoms with E-state index in [1.165, 1.54) is 12.3 Å². The van der Waals surface area contributed by atoms with Gasteiger partial charge in [0, 0.05) is 30.4 Å². The summed E-state index contributed by atoms with van der Waals surface area (Å²) in [4.78, 5) is 30.5. The Bertz CT molecular complexity index is 1140. The van der Waals surface area contributed by atoms with E-state index in [2.05, 4.69) is 4.98 Å². The molecule has 1 aliphatic heterocycles. The predicted octanol–water partition coefficient (Wildman–Crippen LogP) is 3.95. The summed E-state index contributed by atoms with van der Waals surface area (Å²) in [6.45, 7) is 0.885. The van der Waals surface area contributed by atoms with Gasteiger partial charge in [-0.15, -0.1) is 0 Å². The number of carbonyl (C=O) groups excluding carboxylic acids is 1. The van der Waals surface area contributed by atoms with Crippen LogP contribution in [-0.2, 0) is 6.61 Å². The van der Waals surface area contributed by atoms with Gasteiger partial charge in [0.05, 0.1) is 20.3 Å². The molecule has 166 valence electrons. The first-order chi connectivity index (χ1) is 15.6. The minimum absolute atomic E-state index is 0.138. The number of rotatable bonds is 7. The number of benzene rings is 2. The van der Waals surface area contributed by atoms with Gasteiger partial charge in [-0.25, -0.2) is 0 Å². The number of methoxy groups -OCH3 is 2. The molecule has 2 heterocycles. The zero-order chi connectivity index (χ0) is 22.5. The summed E-state index contributed by atoms with van der Waals surface area (Å²) in [5.41, 5.74) is 1.78. The summed E-state index contributed by atoms with van der Waals surface area (Å²) in [6.07, 6.45) is 3.14. The zero-order valence-corrected chi connectivity index (χ0v) is 18.2. The maximum absolute atomic E-state index is 13.2. The Hall–Kier alpha value is -3.74. The molecule has 1 aromatic heterocycles. The Balaban J connectivity index is 1.52. The van der Waals surface area contributed by atoms with Gasteiger partial charge in [-0.3, -0.25) is 9.59 Å². The van der Waals surface area contributed by atoms with Crippen molar-refractivity contribution in [3.8, 4) is 17.2 Å². The highest BCUT2D eigenvalue weighted by molar-refractivity contribution is 5.93. The van der Waals surface area contributed by atoms with Gasteiger partial charge < -0.3 is 24.1 Å². The fraction of sp³-hybridized carbons (Fsp3) is 0.280. The monoisotopic (exact) mass is 434 g/mol. The van der Waals surface area contributed by atoms with E-state index in [4.69, 9.17) is 14.2 Å². The second-order valence-electron chi connectivity index (χ2n) is 7.61. The molecule has 0 spiro atoms. The Morgan fingerprint density at radius 3 is 2.59 bits per heavy atom. The molecule has 1 N–H and O–H groups in total. The number of carbonyl (C=O) groups is 1. The van der Waals surface area contributed by atoms with Crippen LogP contribution in [-0.4, -0.2) is 36.6 Å². The van der Waals surface area contributed by atoms with Crippen molar-refractivity contribution in [2.45, 2.75) is 25.5 Å². The van der Waals surface area contributed by atoms with Gasteiger partial charge in [0.15, 0.2) is 5.75 Å². The zero-order valence-electron chi connectivity index (χ0n) is 18.2. The van der Waals surface area contributed by atoms with Crippen molar-refractivity contribution in [2.24, 2.45) is 0 Å². The van der Waals surface area contributed by atoms with Crippen molar-refractivity contribution in [1.82, 2.24) is 9.88 Å². The molecule has 4 rings (SSSR count). The van der Waals surface area contributed by atoms with Crippen molar-refractivity contribution < 1.29 is 19.0 Å². The highest BCUT2D eigenvalue weighted by Gasteiger charge is 2.33. The molecule has 3 aromatic rings. The van der Waals surface area contributed by atoms with Gasteiger partial charge >= 0.3 is 0 Å². The fourth-order valence-corrected chi connectivity index (χ4v) is 4.01. The van der Waals surface area contributed by atoms with E-state index >= 15 is 0 Å². The van der Waals surface area contributed by atoms with Crippen molar-refractivity contribution in [2.75, 3.05) is 20.8 Å². The minimum Gasteiger partial charge on any atom is -0.497 e. The van der Waals surface area contributed by atoms with E-state index in [9.17, 15) is 9.59 Å². The number of nitrogens with one attached hydrogen (secondary N) is 1. The smallest absolute Gasteiger partial charge is 0.270 e. The number of likely N-dealkylation sites (tertiary alicyclic amines) is 1. The van der Waals surface area contributed by atoms with E-state index in [1.807, 2.05) is 48.5 Å². The number of hydrogen-bond donors (Lipinski definition) is 1. The fourth-order valence-electron chi connectivity index (χ4n) is 4.01. The second-order valence-corrected chi connectivity index (χ2v) is 7.61. The van der Waals surface area contributed by atoms with E-state index < -0.39 is 0 Å². The summed E-state index contributed by atoms with van der Waals surface area (Å²) in [6, 6.07) is 16.4. The van der Waals surface area contributed by atoms with Crippen LogP contribution in [0.2, 0.25) is 0 Å². The normalized spacial score (nSPS) is 15.4. The van der Waals surface area contributed by atoms with Crippen LogP contribution in [0.1, 0.15) is 40.5 Å². The van der Waals surface area contributed by atoms with Gasteiger partial charge in [-0.2, -0.15) is 0 Å². The number of H-pyrrole nitrogens is 1. The number of ether oxygens (including phenoxy) is 3. The molecule has 0 aliphatic carbocycles. The molecule has 0 bridgehead atoms. The number of hydrogen-bond acceptors (Lipinski definition) is 5. The Labute approximate surface area is 186 Å². The van der Waals surface area contributed by atoms with Crippen LogP contribution in [0.25, 0.3) is 0 Å². The third kappa shape index (κ3) is 4.46. The van der Waals surface area contributed by atoms with Crippen molar-refractivity contribution in [3.63, 3.8) is 0 Å². The number of pyridine rings is 1. The lowest BCUT2D eigenvalue weighted by Gasteiger charge is -2.26. The summed E-state index contributed by atoms with van der Waals surface area (Å²) < 4.78 is 16.4. The van der Waals surface area contributed by atoms with Crippen LogP contribution in [0.15, 0.2) is 65.6 Å². The van der Waals surface area contributed by atoms with Crippen LogP contribution >= 0.6 is 0 Å². The average Bonchev–Trinajstić information content (AvgIpc) is 3.32. The largest absolute Gasteiger partial charge is 0.497 e. The standard InChI is InChI=1S/C25H26N2O5/c1-30-18-10-11-19(23(13-18)31-2)21-9-6-12-27(21)25(29)20-14-22(28)24(15-26-20)32-16-17-7-4-3-5-8-17/h3-5,7-8,10-11,13-15,21H,6,9,12,16H2,1-2H3,(H,26,28). The lowest BCUT2D eigenvalue weighted by molar-refractivity contribution is 0.0728. The molecule has 1 fully saturated rings. The molecule has 0 radical (unpaired) electrons. The predicted molar refractivity (Wildman–Crippen MR) is 120 cm³/mol. The topological polar surface area (TPSA) is 80.9 Å². The van der Waals surface area contributed by atoms with Gasteiger partial charge in [-0.05, 0) is 30.5 Å². The first-order valence-electron chi connectivity index (χ1n) is 10.5. The van der Waals surface area contributed by atoms with Crippen molar-refractivity contribution in [3.05, 3.63) is 87.8 Å². The number of aromatic nitrogens is 1. The van der Waals surface area contributed by atoms with E-state index in [0.717, 1.165) is 24.0 Å². The molecule has 1 amide bonds. The van der Waals surface area contributed by atoms with E-state index in [-0.39, 0.29) is 35.4 Å². The molecule has 2 aromatic carbocycles. The number of nitrogens with zero attached hydrogens (tertiary/aromatic N) is 1. The van der Waals surface area contributed by atoms with Crippen LogP contribution in [0.5, 0.6) is 17.2 Å². The Morgan fingerprint density at radius 2 is 1.88 bits per heavy atom. The highest BCUT2D eigenvalue weighted by Crippen LogP contribution is 2.39. The third-order valence-electron chi connectivity index (χ3n) is 5.66. The molecule has 0 saturated carbocycles. The molecular formula is C25H26N2O5. The Kier molecular flexibility index (Phi) is 6.44. The maximum Gasteiger partial charge on any atom is 0.270 e. The lowest BCUT2D eigenvalue weighted by atomic mass is 10.0.